The molecule has 0 aliphatic heterocycles. The van der Waals surface area contributed by atoms with Crippen molar-refractivity contribution in [2.45, 2.75) is 13.3 Å². The van der Waals surface area contributed by atoms with E-state index in [2.05, 4.69) is 26.8 Å². The molecule has 1 amide bonds. The summed E-state index contributed by atoms with van der Waals surface area (Å²) in [6.07, 6.45) is 7.41. The van der Waals surface area contributed by atoms with Crippen LogP contribution >= 0.6 is 0 Å². The van der Waals surface area contributed by atoms with Crippen LogP contribution in [0.4, 0.5) is 0 Å². The molecule has 0 atom stereocenters. The average molecular weight is 361 g/mol. The third-order valence-electron chi connectivity index (χ3n) is 4.00. The van der Waals surface area contributed by atoms with E-state index < -0.39 is 0 Å². The number of aromatic nitrogens is 4. The van der Waals surface area contributed by atoms with Gasteiger partial charge in [0, 0.05) is 12.1 Å². The van der Waals surface area contributed by atoms with Crippen molar-refractivity contribution in [3.8, 4) is 23.8 Å². The summed E-state index contributed by atoms with van der Waals surface area (Å²) >= 11 is 0. The van der Waals surface area contributed by atoms with Crippen LogP contribution in [0.1, 0.15) is 21.5 Å². The van der Waals surface area contributed by atoms with Gasteiger partial charge in [-0.2, -0.15) is 0 Å². The monoisotopic (exact) mass is 361 g/mol. The van der Waals surface area contributed by atoms with Crippen molar-refractivity contribution >= 4 is 5.91 Å². The molecular weight excluding hydrogens is 342 g/mol. The van der Waals surface area contributed by atoms with Gasteiger partial charge in [0.25, 0.3) is 5.91 Å². The fourth-order valence-corrected chi connectivity index (χ4v) is 2.63. The highest BCUT2D eigenvalue weighted by Gasteiger charge is 2.09. The minimum Gasteiger partial charge on any atom is -0.481 e. The van der Waals surface area contributed by atoms with E-state index in [0.717, 1.165) is 29.0 Å². The first-order chi connectivity index (χ1) is 13.2. The molecule has 27 heavy (non-hydrogen) atoms. The Bertz CT molecular complexity index is 944. The van der Waals surface area contributed by atoms with Gasteiger partial charge in [-0.3, -0.25) is 4.79 Å². The summed E-state index contributed by atoms with van der Waals surface area (Å²) in [6.45, 7) is 2.70. The lowest BCUT2D eigenvalue weighted by molar-refractivity contribution is 0.0954. The van der Waals surface area contributed by atoms with Crippen molar-refractivity contribution in [2.24, 2.45) is 0 Å². The summed E-state index contributed by atoms with van der Waals surface area (Å²) in [5, 5.41) is 14.0. The number of terminal acetylenes is 1. The second-order valence-corrected chi connectivity index (χ2v) is 5.90. The quantitative estimate of drug-likeness (QED) is 0.651. The van der Waals surface area contributed by atoms with E-state index in [1.54, 1.807) is 10.7 Å². The number of ether oxygens (including phenoxy) is 1. The van der Waals surface area contributed by atoms with Gasteiger partial charge in [0.2, 0.25) is 0 Å². The number of hydrogen-bond acceptors (Lipinski definition) is 5. The molecule has 0 unspecified atom stereocenters. The number of nitrogens with zero attached hydrogens (tertiary/aromatic N) is 4. The van der Waals surface area contributed by atoms with Crippen LogP contribution in [0.15, 0.2) is 48.8 Å². The third kappa shape index (κ3) is 4.70. The van der Waals surface area contributed by atoms with Crippen molar-refractivity contribution < 1.29 is 9.53 Å². The van der Waals surface area contributed by atoms with Crippen LogP contribution in [-0.2, 0) is 6.42 Å². The van der Waals surface area contributed by atoms with E-state index in [4.69, 9.17) is 11.2 Å². The molecule has 0 spiro atoms. The number of benzene rings is 2. The fraction of sp³-hybridized carbons (Fsp3) is 0.200. The van der Waals surface area contributed by atoms with Crippen LogP contribution in [-0.4, -0.2) is 39.3 Å². The molecule has 2 aromatic carbocycles. The van der Waals surface area contributed by atoms with Crippen LogP contribution in [0.25, 0.3) is 5.69 Å². The van der Waals surface area contributed by atoms with E-state index in [0.29, 0.717) is 12.1 Å². The van der Waals surface area contributed by atoms with Crippen LogP contribution in [0, 0.1) is 19.3 Å². The minimum atomic E-state index is -0.115. The van der Waals surface area contributed by atoms with Crippen molar-refractivity contribution in [2.75, 3.05) is 13.2 Å². The Kier molecular flexibility index (Phi) is 5.80. The van der Waals surface area contributed by atoms with Gasteiger partial charge >= 0.3 is 0 Å². The summed E-state index contributed by atoms with van der Waals surface area (Å²) < 4.78 is 6.90. The number of carbonyl (C=O) groups is 1. The molecule has 0 aliphatic rings. The van der Waals surface area contributed by atoms with Gasteiger partial charge in [-0.15, -0.1) is 11.5 Å². The van der Waals surface area contributed by atoms with E-state index in [-0.39, 0.29) is 12.5 Å². The number of rotatable bonds is 7. The van der Waals surface area contributed by atoms with Gasteiger partial charge < -0.3 is 10.1 Å². The normalized spacial score (nSPS) is 10.2. The maximum absolute atomic E-state index is 12.4. The molecule has 0 saturated heterocycles. The van der Waals surface area contributed by atoms with Crippen LogP contribution in [0.3, 0.4) is 0 Å². The number of amides is 1. The molecule has 136 valence electrons. The summed E-state index contributed by atoms with van der Waals surface area (Å²) in [5.74, 6) is 3.05. The average Bonchev–Trinajstić information content (AvgIpc) is 3.21. The Balaban J connectivity index is 1.53. The number of carbonyl (C=O) groups excluding carboxylic acids is 1. The van der Waals surface area contributed by atoms with Crippen LogP contribution in [0.5, 0.6) is 5.75 Å². The Hall–Kier alpha value is -3.66. The van der Waals surface area contributed by atoms with Crippen molar-refractivity contribution in [3.05, 3.63) is 65.5 Å². The summed E-state index contributed by atoms with van der Waals surface area (Å²) in [5.41, 5.74) is 3.46. The zero-order chi connectivity index (χ0) is 19.1. The van der Waals surface area contributed by atoms with E-state index in [9.17, 15) is 4.79 Å². The maximum atomic E-state index is 12.4. The highest BCUT2D eigenvalue weighted by molar-refractivity contribution is 5.94. The van der Waals surface area contributed by atoms with Crippen molar-refractivity contribution in [1.29, 1.82) is 0 Å². The fourth-order valence-electron chi connectivity index (χ4n) is 2.63. The zero-order valence-electron chi connectivity index (χ0n) is 14.9. The zero-order valence-corrected chi connectivity index (χ0v) is 14.9. The number of hydrogen-bond donors (Lipinski definition) is 1. The second kappa shape index (κ2) is 8.63. The Morgan fingerprint density at radius 2 is 2.07 bits per heavy atom. The molecule has 1 N–H and O–H groups in total. The van der Waals surface area contributed by atoms with Gasteiger partial charge in [-0.05, 0) is 65.2 Å². The molecule has 7 nitrogen and oxygen atoms in total. The van der Waals surface area contributed by atoms with Gasteiger partial charge in [0.1, 0.15) is 18.7 Å². The molecule has 0 radical (unpaired) electrons. The lowest BCUT2D eigenvalue weighted by atomic mass is 10.1. The highest BCUT2D eigenvalue weighted by Crippen LogP contribution is 2.15. The van der Waals surface area contributed by atoms with E-state index >= 15 is 0 Å². The third-order valence-corrected chi connectivity index (χ3v) is 4.00. The highest BCUT2D eigenvalue weighted by atomic mass is 16.5. The Labute approximate surface area is 157 Å². The molecule has 3 rings (SSSR count). The van der Waals surface area contributed by atoms with Gasteiger partial charge in [-0.25, -0.2) is 4.68 Å². The number of aryl methyl sites for hydroxylation is 1. The smallest absolute Gasteiger partial charge is 0.251 e. The van der Waals surface area contributed by atoms with Gasteiger partial charge in [-0.1, -0.05) is 18.1 Å². The van der Waals surface area contributed by atoms with Crippen molar-refractivity contribution in [1.82, 2.24) is 25.5 Å². The predicted molar refractivity (Wildman–Crippen MR) is 101 cm³/mol. The van der Waals surface area contributed by atoms with Crippen molar-refractivity contribution in [3.63, 3.8) is 0 Å². The minimum absolute atomic E-state index is 0.115. The standard InChI is InChI=1S/C20H19N5O2/c1-3-12-27-18-7-4-16(5-8-18)10-11-21-20(26)17-6-9-19(15(2)13-17)25-14-22-23-24-25/h1,4-9,13-14H,10-12H2,2H3,(H,21,26). The summed E-state index contributed by atoms with van der Waals surface area (Å²) in [6, 6.07) is 13.1. The van der Waals surface area contributed by atoms with Crippen LogP contribution in [0.2, 0.25) is 0 Å². The SMILES string of the molecule is C#CCOc1ccc(CCNC(=O)c2ccc(-n3cnnn3)c(C)c2)cc1. The van der Waals surface area contributed by atoms with Gasteiger partial charge in [0.05, 0.1) is 5.69 Å². The molecule has 0 fully saturated rings. The Morgan fingerprint density at radius 1 is 1.26 bits per heavy atom. The lowest BCUT2D eigenvalue weighted by Gasteiger charge is -2.09. The van der Waals surface area contributed by atoms with Gasteiger partial charge in [0.15, 0.2) is 0 Å². The molecule has 1 aromatic heterocycles. The molecule has 0 saturated carbocycles. The number of tetrazole rings is 1. The van der Waals surface area contributed by atoms with E-state index in [1.165, 1.54) is 6.33 Å². The predicted octanol–water partition coefficient (Wildman–Crippen LogP) is 1.96. The Morgan fingerprint density at radius 3 is 2.74 bits per heavy atom. The first-order valence-electron chi connectivity index (χ1n) is 8.45. The number of nitrogens with one attached hydrogen (secondary N) is 1. The maximum Gasteiger partial charge on any atom is 0.251 e. The first-order valence-corrected chi connectivity index (χ1v) is 8.45. The lowest BCUT2D eigenvalue weighted by Crippen LogP contribution is -2.25. The topological polar surface area (TPSA) is 81.9 Å². The molecular formula is C20H19N5O2. The molecule has 0 aliphatic carbocycles. The molecule has 7 heteroatoms. The largest absolute Gasteiger partial charge is 0.481 e. The van der Waals surface area contributed by atoms with E-state index in [1.807, 2.05) is 43.3 Å². The van der Waals surface area contributed by atoms with Crippen LogP contribution < -0.4 is 10.1 Å². The summed E-state index contributed by atoms with van der Waals surface area (Å²) in [7, 11) is 0. The molecule has 1 heterocycles. The first kappa shape index (κ1) is 18.1. The second-order valence-electron chi connectivity index (χ2n) is 5.90. The summed E-state index contributed by atoms with van der Waals surface area (Å²) in [4.78, 5) is 12.4. The molecule has 0 bridgehead atoms. The molecule has 3 aromatic rings.